The molecule has 1 aliphatic heterocycles. The number of rotatable bonds is 9. The number of carbonyl (C=O) groups is 1. The first-order valence-electron chi connectivity index (χ1n) is 13.2. The van der Waals surface area contributed by atoms with Crippen LogP contribution in [0.2, 0.25) is 0 Å². The zero-order valence-electron chi connectivity index (χ0n) is 22.4. The molecule has 10 heteroatoms. The summed E-state index contributed by atoms with van der Waals surface area (Å²) in [5, 5.41) is 24.3. The van der Waals surface area contributed by atoms with Gasteiger partial charge in [0.15, 0.2) is 11.4 Å². The molecule has 0 saturated carbocycles. The van der Waals surface area contributed by atoms with E-state index in [1.54, 1.807) is 18.1 Å². The largest absolute Gasteiger partial charge is 0.392 e. The molecule has 1 saturated heterocycles. The average molecular weight is 560 g/mol. The smallest absolute Gasteiger partial charge is 0.319 e. The minimum Gasteiger partial charge on any atom is -0.392 e. The normalized spacial score (nSPS) is 20.7. The van der Waals surface area contributed by atoms with Crippen molar-refractivity contribution in [3.05, 3.63) is 107 Å². The number of hydrogen-bond donors (Lipinski definition) is 3. The number of aryl methyl sites for hydroxylation is 1. The lowest BCUT2D eigenvalue weighted by atomic mass is 9.91. The molecular weight excluding hydrogens is 526 g/mol. The number of urea groups is 1. The van der Waals surface area contributed by atoms with Gasteiger partial charge in [-0.05, 0) is 28.8 Å². The van der Waals surface area contributed by atoms with E-state index in [4.69, 9.17) is 9.47 Å². The lowest BCUT2D eigenvalue weighted by molar-refractivity contribution is -0.268. The second-order valence-corrected chi connectivity index (χ2v) is 10.8. The average Bonchev–Trinajstić information content (AvgIpc) is 3.40. The number of nitrogens with one attached hydrogen (secondary N) is 2. The molecule has 40 heavy (non-hydrogen) atoms. The standard InChI is InChI=1S/C30H33N5O4S/c1-20-26(18-40-30-34-32-19-35(30)2)38-28(39-27(20)23-13-11-22(17-36)12-14-23)24-9-6-10-25(15-24)33-29(37)31-16-21-7-4-3-5-8-21/h3-15,19-20,26-28,36H,16-18H2,1-2H3,(H2,31,33,37)/t20-,26+,27+,28+/m1/s1. The van der Waals surface area contributed by atoms with Gasteiger partial charge in [-0.1, -0.05) is 85.4 Å². The van der Waals surface area contributed by atoms with Crippen molar-refractivity contribution in [2.24, 2.45) is 13.0 Å². The lowest BCUT2D eigenvalue weighted by Crippen LogP contribution is -2.38. The van der Waals surface area contributed by atoms with Crippen LogP contribution in [-0.2, 0) is 29.7 Å². The maximum absolute atomic E-state index is 12.6. The van der Waals surface area contributed by atoms with E-state index in [2.05, 4.69) is 27.8 Å². The van der Waals surface area contributed by atoms with Crippen molar-refractivity contribution in [1.82, 2.24) is 20.1 Å². The van der Waals surface area contributed by atoms with E-state index in [1.165, 1.54) is 0 Å². The Kier molecular flexibility index (Phi) is 9.12. The zero-order valence-corrected chi connectivity index (χ0v) is 23.3. The molecule has 0 bridgehead atoms. The predicted octanol–water partition coefficient (Wildman–Crippen LogP) is 5.21. The number of nitrogens with zero attached hydrogens (tertiary/aromatic N) is 3. The molecule has 0 unspecified atom stereocenters. The highest BCUT2D eigenvalue weighted by molar-refractivity contribution is 7.99. The fourth-order valence-corrected chi connectivity index (χ4v) is 5.64. The Morgan fingerprint density at radius 3 is 2.52 bits per heavy atom. The van der Waals surface area contributed by atoms with Gasteiger partial charge in [0.25, 0.3) is 0 Å². The van der Waals surface area contributed by atoms with E-state index in [1.807, 2.05) is 90.5 Å². The van der Waals surface area contributed by atoms with Gasteiger partial charge in [0, 0.05) is 36.5 Å². The van der Waals surface area contributed by atoms with E-state index >= 15 is 0 Å². The summed E-state index contributed by atoms with van der Waals surface area (Å²) in [4.78, 5) is 12.6. The quantitative estimate of drug-likeness (QED) is 0.241. The number of amides is 2. The van der Waals surface area contributed by atoms with Crippen LogP contribution in [0, 0.1) is 5.92 Å². The molecule has 3 N–H and O–H groups in total. The highest BCUT2D eigenvalue weighted by atomic mass is 32.2. The van der Waals surface area contributed by atoms with Crippen LogP contribution < -0.4 is 10.6 Å². The van der Waals surface area contributed by atoms with Crippen LogP contribution in [0.5, 0.6) is 0 Å². The van der Waals surface area contributed by atoms with Crippen molar-refractivity contribution in [2.45, 2.75) is 43.7 Å². The third-order valence-corrected chi connectivity index (χ3v) is 8.01. The molecule has 0 aliphatic carbocycles. The van der Waals surface area contributed by atoms with Gasteiger partial charge < -0.3 is 29.8 Å². The summed E-state index contributed by atoms with van der Waals surface area (Å²) in [5.74, 6) is 0.709. The Balaban J connectivity index is 1.32. The topological polar surface area (TPSA) is 111 Å². The maximum Gasteiger partial charge on any atom is 0.319 e. The Morgan fingerprint density at radius 2 is 1.80 bits per heavy atom. The van der Waals surface area contributed by atoms with Gasteiger partial charge in [-0.25, -0.2) is 4.79 Å². The highest BCUT2D eigenvalue weighted by Crippen LogP contribution is 2.43. The minimum absolute atomic E-state index is 0.0111. The highest BCUT2D eigenvalue weighted by Gasteiger charge is 2.38. The minimum atomic E-state index is -0.641. The van der Waals surface area contributed by atoms with Gasteiger partial charge >= 0.3 is 6.03 Å². The molecule has 1 aliphatic rings. The summed E-state index contributed by atoms with van der Waals surface area (Å²) in [6.45, 7) is 2.54. The Labute approximate surface area is 237 Å². The van der Waals surface area contributed by atoms with E-state index in [0.717, 1.165) is 27.4 Å². The number of benzene rings is 3. The van der Waals surface area contributed by atoms with Gasteiger partial charge in [0.1, 0.15) is 6.33 Å². The first-order chi connectivity index (χ1) is 19.5. The van der Waals surface area contributed by atoms with Crippen LogP contribution in [0.15, 0.2) is 90.3 Å². The number of aromatic nitrogens is 3. The number of hydrogen-bond acceptors (Lipinski definition) is 7. The van der Waals surface area contributed by atoms with Crippen LogP contribution in [0.3, 0.4) is 0 Å². The third kappa shape index (κ3) is 6.89. The number of anilines is 1. The Hall–Kier alpha value is -3.70. The molecule has 3 aromatic carbocycles. The van der Waals surface area contributed by atoms with Crippen molar-refractivity contribution < 1.29 is 19.4 Å². The van der Waals surface area contributed by atoms with E-state index < -0.39 is 6.29 Å². The number of carbonyl (C=O) groups excluding carboxylic acids is 1. The second-order valence-electron chi connectivity index (χ2n) is 9.78. The van der Waals surface area contributed by atoms with Crippen LogP contribution in [0.4, 0.5) is 10.5 Å². The molecule has 4 atom stereocenters. The van der Waals surface area contributed by atoms with Crippen LogP contribution in [-0.4, -0.2) is 37.8 Å². The van der Waals surface area contributed by atoms with Crippen molar-refractivity contribution in [3.63, 3.8) is 0 Å². The summed E-state index contributed by atoms with van der Waals surface area (Å²) in [6, 6.07) is 24.8. The molecule has 208 valence electrons. The van der Waals surface area contributed by atoms with Crippen molar-refractivity contribution in [3.8, 4) is 0 Å². The summed E-state index contributed by atoms with van der Waals surface area (Å²) in [7, 11) is 1.92. The molecular formula is C30H33N5O4S. The number of ether oxygens (including phenoxy) is 2. The van der Waals surface area contributed by atoms with Gasteiger partial charge in [0.05, 0.1) is 18.8 Å². The van der Waals surface area contributed by atoms with Gasteiger partial charge in [-0.3, -0.25) is 0 Å². The summed E-state index contributed by atoms with van der Waals surface area (Å²) >= 11 is 1.59. The monoisotopic (exact) mass is 559 g/mol. The zero-order chi connectivity index (χ0) is 27.9. The van der Waals surface area contributed by atoms with Gasteiger partial charge in [-0.15, -0.1) is 10.2 Å². The third-order valence-electron chi connectivity index (χ3n) is 6.88. The Morgan fingerprint density at radius 1 is 1.00 bits per heavy atom. The van der Waals surface area contributed by atoms with Crippen LogP contribution >= 0.6 is 11.8 Å². The number of thioether (sulfide) groups is 1. The number of aliphatic hydroxyl groups excluding tert-OH is 1. The van der Waals surface area contributed by atoms with E-state index in [0.29, 0.717) is 18.0 Å². The van der Waals surface area contributed by atoms with Crippen LogP contribution in [0.25, 0.3) is 0 Å². The van der Waals surface area contributed by atoms with Gasteiger partial charge in [-0.2, -0.15) is 0 Å². The number of aliphatic hydroxyl groups is 1. The fourth-order valence-electron chi connectivity index (χ4n) is 4.59. The molecule has 5 rings (SSSR count). The van der Waals surface area contributed by atoms with E-state index in [9.17, 15) is 9.90 Å². The van der Waals surface area contributed by atoms with Gasteiger partial charge in [0.2, 0.25) is 0 Å². The molecule has 0 spiro atoms. The SMILES string of the molecule is C[C@@H]1[C@H](CSc2nncn2C)O[C@H](c2cccc(NC(=O)NCc3ccccc3)c2)O[C@@H]1c1ccc(CO)cc1. The summed E-state index contributed by atoms with van der Waals surface area (Å²) < 4.78 is 14.9. The molecule has 1 aromatic heterocycles. The lowest BCUT2D eigenvalue weighted by Gasteiger charge is -2.41. The molecule has 1 fully saturated rings. The first-order valence-corrected chi connectivity index (χ1v) is 14.1. The maximum atomic E-state index is 12.6. The molecule has 0 radical (unpaired) electrons. The summed E-state index contributed by atoms with van der Waals surface area (Å²) in [5.41, 5.74) is 4.33. The van der Waals surface area contributed by atoms with Crippen LogP contribution in [0.1, 0.15) is 41.6 Å². The van der Waals surface area contributed by atoms with Crippen molar-refractivity contribution in [1.29, 1.82) is 0 Å². The van der Waals surface area contributed by atoms with E-state index in [-0.39, 0.29) is 30.8 Å². The molecule has 9 nitrogen and oxygen atoms in total. The predicted molar refractivity (Wildman–Crippen MR) is 153 cm³/mol. The second kappa shape index (κ2) is 13.1. The van der Waals surface area contributed by atoms with Crippen molar-refractivity contribution in [2.75, 3.05) is 11.1 Å². The first kappa shape index (κ1) is 27.9. The molecule has 2 heterocycles. The molecule has 4 aromatic rings. The van der Waals surface area contributed by atoms with Crippen molar-refractivity contribution >= 4 is 23.5 Å². The fraction of sp³-hybridized carbons (Fsp3) is 0.300. The molecule has 2 amide bonds. The Bertz CT molecular complexity index is 1400. The summed E-state index contributed by atoms with van der Waals surface area (Å²) in [6.07, 6.45) is 0.661.